The van der Waals surface area contributed by atoms with Crippen molar-refractivity contribution in [3.63, 3.8) is 0 Å². The van der Waals surface area contributed by atoms with Crippen LogP contribution in [0.3, 0.4) is 0 Å². The van der Waals surface area contributed by atoms with Crippen molar-refractivity contribution in [1.82, 2.24) is 29.4 Å². The van der Waals surface area contributed by atoms with Crippen molar-refractivity contribution in [3.8, 4) is 0 Å². The first-order chi connectivity index (χ1) is 11.2. The van der Waals surface area contributed by atoms with E-state index in [-0.39, 0.29) is 23.0 Å². The maximum atomic E-state index is 12.9. The summed E-state index contributed by atoms with van der Waals surface area (Å²) in [4.78, 5) is 20.2. The molecule has 3 heterocycles. The van der Waals surface area contributed by atoms with Gasteiger partial charge in [0.05, 0.1) is 0 Å². The van der Waals surface area contributed by atoms with Crippen LogP contribution in [-0.2, 0) is 13.2 Å². The molecule has 0 radical (unpaired) electrons. The van der Waals surface area contributed by atoms with Gasteiger partial charge in [-0.25, -0.2) is 9.50 Å². The fourth-order valence-corrected chi connectivity index (χ4v) is 2.24. The number of aromatic nitrogens is 6. The number of fused-ring (bicyclic) bond motifs is 1. The molecule has 3 aromatic heterocycles. The third kappa shape index (κ3) is 2.57. The van der Waals surface area contributed by atoms with Crippen LogP contribution in [0.1, 0.15) is 27.6 Å². The number of hydrogen-bond acceptors (Lipinski definition) is 5. The van der Waals surface area contributed by atoms with Gasteiger partial charge in [0.1, 0.15) is 5.82 Å². The highest BCUT2D eigenvalue weighted by molar-refractivity contribution is 6.01. The summed E-state index contributed by atoms with van der Waals surface area (Å²) >= 11 is 0. The van der Waals surface area contributed by atoms with E-state index < -0.39 is 17.8 Å². The molecule has 126 valence electrons. The van der Waals surface area contributed by atoms with Gasteiger partial charge in [-0.3, -0.25) is 9.48 Å². The Hall–Kier alpha value is -2.98. The summed E-state index contributed by atoms with van der Waals surface area (Å²) in [6.07, 6.45) is -3.09. The molecule has 0 atom stereocenters. The zero-order valence-electron chi connectivity index (χ0n) is 12.9. The quantitative estimate of drug-likeness (QED) is 0.768. The molecule has 8 nitrogen and oxygen atoms in total. The number of carbonyl (C=O) groups is 1. The number of rotatable bonds is 2. The number of aryl methyl sites for hydroxylation is 2. The Balaban J connectivity index is 1.95. The molecule has 0 saturated carbocycles. The number of hydrogen-bond donors (Lipinski definition) is 1. The van der Waals surface area contributed by atoms with E-state index in [4.69, 9.17) is 0 Å². The van der Waals surface area contributed by atoms with Crippen LogP contribution >= 0.6 is 0 Å². The summed E-state index contributed by atoms with van der Waals surface area (Å²) in [5, 5.41) is 9.77. The molecule has 11 heteroatoms. The van der Waals surface area contributed by atoms with Crippen molar-refractivity contribution in [2.75, 3.05) is 5.32 Å². The van der Waals surface area contributed by atoms with Crippen LogP contribution in [0, 0.1) is 13.8 Å². The van der Waals surface area contributed by atoms with Gasteiger partial charge in [0.25, 0.3) is 11.7 Å². The van der Waals surface area contributed by atoms with Crippen LogP contribution in [0.5, 0.6) is 0 Å². The number of nitrogens with one attached hydrogen (secondary N) is 1. The largest absolute Gasteiger partial charge is 0.435 e. The van der Waals surface area contributed by atoms with Crippen LogP contribution in [0.2, 0.25) is 0 Å². The Bertz CT molecular complexity index is 941. The number of nitrogens with zero attached hydrogens (tertiary/aromatic N) is 6. The van der Waals surface area contributed by atoms with Crippen molar-refractivity contribution >= 4 is 17.5 Å². The summed E-state index contributed by atoms with van der Waals surface area (Å²) in [6, 6.07) is 1.68. The average molecular weight is 339 g/mol. The first-order valence-corrected chi connectivity index (χ1v) is 6.79. The molecule has 3 rings (SSSR count). The number of anilines is 1. The second-order valence-electron chi connectivity index (χ2n) is 5.13. The van der Waals surface area contributed by atoms with Gasteiger partial charge in [-0.15, -0.1) is 5.10 Å². The van der Waals surface area contributed by atoms with Gasteiger partial charge < -0.3 is 5.32 Å². The summed E-state index contributed by atoms with van der Waals surface area (Å²) in [7, 11) is 1.31. The van der Waals surface area contributed by atoms with Gasteiger partial charge in [0.15, 0.2) is 5.69 Å². The molecule has 1 amide bonds. The highest BCUT2D eigenvalue weighted by Gasteiger charge is 2.37. The fraction of sp³-hybridized carbons (Fsp3) is 0.308. The SMILES string of the molecule is Cc1c(C(F)(F)F)nn(C)c1NC(=O)c1nc2nccc(C)n2n1. The monoisotopic (exact) mass is 339 g/mol. The Morgan fingerprint density at radius 2 is 1.96 bits per heavy atom. The molecule has 0 fully saturated rings. The molecule has 0 unspecified atom stereocenters. The van der Waals surface area contributed by atoms with E-state index in [1.165, 1.54) is 24.7 Å². The fourth-order valence-electron chi connectivity index (χ4n) is 2.24. The minimum Gasteiger partial charge on any atom is -0.304 e. The topological polar surface area (TPSA) is 90.0 Å². The highest BCUT2D eigenvalue weighted by atomic mass is 19.4. The van der Waals surface area contributed by atoms with Gasteiger partial charge >= 0.3 is 6.18 Å². The van der Waals surface area contributed by atoms with Crippen molar-refractivity contribution < 1.29 is 18.0 Å². The lowest BCUT2D eigenvalue weighted by Gasteiger charge is -2.05. The van der Waals surface area contributed by atoms with E-state index in [0.29, 0.717) is 5.69 Å². The van der Waals surface area contributed by atoms with E-state index in [0.717, 1.165) is 4.68 Å². The zero-order valence-corrected chi connectivity index (χ0v) is 12.9. The Morgan fingerprint density at radius 3 is 2.54 bits per heavy atom. The van der Waals surface area contributed by atoms with E-state index in [1.54, 1.807) is 13.0 Å². The van der Waals surface area contributed by atoms with Crippen molar-refractivity contribution in [1.29, 1.82) is 0 Å². The molecule has 1 N–H and O–H groups in total. The number of alkyl halides is 3. The third-order valence-corrected chi connectivity index (χ3v) is 3.42. The summed E-state index contributed by atoms with van der Waals surface area (Å²) in [5.74, 6) is -0.806. The van der Waals surface area contributed by atoms with E-state index >= 15 is 0 Å². The summed E-state index contributed by atoms with van der Waals surface area (Å²) in [5.41, 5.74) is -0.528. The number of halogens is 3. The van der Waals surface area contributed by atoms with Crippen molar-refractivity contribution in [2.24, 2.45) is 7.05 Å². The lowest BCUT2D eigenvalue weighted by atomic mass is 10.2. The summed E-state index contributed by atoms with van der Waals surface area (Å²) < 4.78 is 40.9. The zero-order chi connectivity index (χ0) is 17.6. The second kappa shape index (κ2) is 5.28. The highest BCUT2D eigenvalue weighted by Crippen LogP contribution is 2.33. The molecule has 0 spiro atoms. The third-order valence-electron chi connectivity index (χ3n) is 3.42. The number of carbonyl (C=O) groups excluding carboxylic acids is 1. The van der Waals surface area contributed by atoms with E-state index in [2.05, 4.69) is 25.5 Å². The lowest BCUT2D eigenvalue weighted by molar-refractivity contribution is -0.141. The Kier molecular flexibility index (Phi) is 3.50. The predicted molar refractivity (Wildman–Crippen MR) is 76.4 cm³/mol. The van der Waals surface area contributed by atoms with Crippen molar-refractivity contribution in [3.05, 3.63) is 35.0 Å². The first kappa shape index (κ1) is 15.9. The Morgan fingerprint density at radius 1 is 1.25 bits per heavy atom. The molecule has 24 heavy (non-hydrogen) atoms. The average Bonchev–Trinajstić information content (AvgIpc) is 3.04. The molecule has 3 aromatic rings. The predicted octanol–water partition coefficient (Wildman–Crippen LogP) is 1.75. The molecule has 0 aliphatic heterocycles. The molecule has 0 aromatic carbocycles. The molecule has 0 aliphatic carbocycles. The lowest BCUT2D eigenvalue weighted by Crippen LogP contribution is -2.17. The van der Waals surface area contributed by atoms with Crippen LogP contribution in [0.4, 0.5) is 19.0 Å². The maximum Gasteiger partial charge on any atom is 0.435 e. The van der Waals surface area contributed by atoms with Gasteiger partial charge in [-0.1, -0.05) is 0 Å². The van der Waals surface area contributed by atoms with Gasteiger partial charge in [0.2, 0.25) is 5.82 Å². The minimum atomic E-state index is -4.60. The van der Waals surface area contributed by atoms with Crippen LogP contribution in [0.25, 0.3) is 5.78 Å². The molecule has 0 saturated heterocycles. The molecular weight excluding hydrogens is 327 g/mol. The first-order valence-electron chi connectivity index (χ1n) is 6.79. The smallest absolute Gasteiger partial charge is 0.304 e. The molecular formula is C13H12F3N7O. The molecule has 0 aliphatic rings. The van der Waals surface area contributed by atoms with E-state index in [1.807, 2.05) is 0 Å². The van der Waals surface area contributed by atoms with Crippen LogP contribution in [-0.4, -0.2) is 35.3 Å². The standard InChI is InChI=1S/C13H12F3N7O/c1-6-4-5-17-12-18-9(21-23(6)12)11(24)19-10-7(2)8(13(14,15)16)20-22(10)3/h4-5H,1-3H3,(H,19,24). The van der Waals surface area contributed by atoms with Gasteiger partial charge in [0, 0.05) is 24.5 Å². The normalized spacial score (nSPS) is 11.9. The summed E-state index contributed by atoms with van der Waals surface area (Å²) in [6.45, 7) is 2.99. The second-order valence-corrected chi connectivity index (χ2v) is 5.13. The molecule has 0 bridgehead atoms. The van der Waals surface area contributed by atoms with E-state index in [9.17, 15) is 18.0 Å². The van der Waals surface area contributed by atoms with Crippen molar-refractivity contribution in [2.45, 2.75) is 20.0 Å². The van der Waals surface area contributed by atoms with Crippen LogP contribution in [0.15, 0.2) is 12.3 Å². The maximum absolute atomic E-state index is 12.9. The van der Waals surface area contributed by atoms with Crippen LogP contribution < -0.4 is 5.32 Å². The van der Waals surface area contributed by atoms with Gasteiger partial charge in [-0.2, -0.15) is 23.3 Å². The Labute approximate surface area is 133 Å². The minimum absolute atomic E-state index is 0.0733. The van der Waals surface area contributed by atoms with Gasteiger partial charge in [-0.05, 0) is 19.9 Å². The number of amides is 1.